The van der Waals surface area contributed by atoms with E-state index in [2.05, 4.69) is 6.30 Å². The Bertz CT molecular complexity index is 145. The Balaban J connectivity index is 0. The molecule has 0 aromatic heterocycles. The van der Waals surface area contributed by atoms with Gasteiger partial charge in [-0.2, -0.15) is 0 Å². The van der Waals surface area contributed by atoms with E-state index < -0.39 is 7.57 Å². The molecule has 12 heavy (non-hydrogen) atoms. The van der Waals surface area contributed by atoms with E-state index in [0.717, 1.165) is 0 Å². The Labute approximate surface area is 86.9 Å². The summed E-state index contributed by atoms with van der Waals surface area (Å²) in [6, 6.07) is 0. The van der Waals surface area contributed by atoms with Crippen LogP contribution in [0.1, 0.15) is 27.7 Å². The van der Waals surface area contributed by atoms with Crippen LogP contribution in [0.25, 0.3) is 0 Å². The molecule has 0 N–H and O–H groups in total. The molecule has 0 aliphatic rings. The van der Waals surface area contributed by atoms with E-state index in [1.165, 1.54) is 0 Å². The zero-order chi connectivity index (χ0) is 9.07. The van der Waals surface area contributed by atoms with Crippen molar-refractivity contribution in [3.05, 3.63) is 0 Å². The van der Waals surface area contributed by atoms with E-state index in [-0.39, 0.29) is 31.1 Å². The number of hydrogen-bond donors (Lipinski definition) is 0. The van der Waals surface area contributed by atoms with Crippen LogP contribution in [0.15, 0.2) is 0 Å². The van der Waals surface area contributed by atoms with Crippen LogP contribution in [0.4, 0.5) is 0 Å². The fourth-order valence-electron chi connectivity index (χ4n) is 0.667. The Morgan fingerprint density at radius 1 is 1.08 bits per heavy atom. The maximum absolute atomic E-state index is 11.3. The van der Waals surface area contributed by atoms with E-state index in [4.69, 9.17) is 9.05 Å². The van der Waals surface area contributed by atoms with Gasteiger partial charge in [0.2, 0.25) is 0 Å². The van der Waals surface area contributed by atoms with Crippen molar-refractivity contribution in [1.29, 1.82) is 0 Å². The van der Waals surface area contributed by atoms with E-state index in [1.54, 1.807) is 27.7 Å². The summed E-state index contributed by atoms with van der Waals surface area (Å²) >= 11 is 0. The van der Waals surface area contributed by atoms with Crippen molar-refractivity contribution in [1.82, 2.24) is 0 Å². The van der Waals surface area contributed by atoms with Crippen LogP contribution < -0.4 is 23.8 Å². The summed E-state index contributed by atoms with van der Waals surface area (Å²) in [6.45, 7) is 7.17. The zero-order valence-corrected chi connectivity index (χ0v) is 9.43. The molecular weight excluding hydrogens is 170 g/mol. The normalized spacial score (nSPS) is 11.9. The molecule has 3 nitrogen and oxygen atoms in total. The average Bonchev–Trinajstić information content (AvgIpc) is 1.53. The molecular formula is C7H16LiO3P. The van der Waals surface area contributed by atoms with Crippen LogP contribution in [0.5, 0.6) is 0 Å². The second kappa shape index (κ2) is 6.26. The summed E-state index contributed by atoms with van der Waals surface area (Å²) < 4.78 is 9.94. The second-order valence-corrected chi connectivity index (χ2v) is 4.56. The molecule has 0 saturated heterocycles. The molecule has 0 aliphatic carbocycles. The van der Waals surface area contributed by atoms with Crippen LogP contribution in [-0.4, -0.2) is 18.5 Å². The Kier molecular flexibility index (Phi) is 7.97. The fourth-order valence-corrected chi connectivity index (χ4v) is 2.00. The second-order valence-electron chi connectivity index (χ2n) is 2.92. The molecule has 0 saturated carbocycles. The molecule has 0 radical (unpaired) electrons. The van der Waals surface area contributed by atoms with E-state index in [9.17, 15) is 4.89 Å². The molecule has 0 aliphatic heterocycles. The molecule has 0 unspecified atom stereocenters. The number of hydrogen-bond acceptors (Lipinski definition) is 3. The van der Waals surface area contributed by atoms with Gasteiger partial charge in [-0.1, -0.05) is 6.30 Å². The van der Waals surface area contributed by atoms with Crippen LogP contribution in [-0.2, 0) is 9.05 Å². The third-order valence-electron chi connectivity index (χ3n) is 0.743. The molecule has 0 rings (SSSR count). The maximum Gasteiger partial charge on any atom is 1.00 e. The van der Waals surface area contributed by atoms with Crippen LogP contribution in [0, 0.1) is 0 Å². The third kappa shape index (κ3) is 8.87. The maximum atomic E-state index is 11.3. The summed E-state index contributed by atoms with van der Waals surface area (Å²) in [5.41, 5.74) is 0. The molecule has 0 heterocycles. The molecule has 0 aromatic rings. The van der Waals surface area contributed by atoms with Crippen LogP contribution in [0.3, 0.4) is 0 Å². The van der Waals surface area contributed by atoms with Gasteiger partial charge < -0.3 is 13.9 Å². The van der Waals surface area contributed by atoms with Gasteiger partial charge in [0.05, 0.1) is 12.2 Å². The molecule has 0 bridgehead atoms. The predicted molar refractivity (Wildman–Crippen MR) is 46.5 cm³/mol. The predicted octanol–water partition coefficient (Wildman–Crippen LogP) is -1.60. The quantitative estimate of drug-likeness (QED) is 0.392. The van der Waals surface area contributed by atoms with Gasteiger partial charge in [-0.15, -0.1) is 0 Å². The molecule has 0 fully saturated rings. The zero-order valence-electron chi connectivity index (χ0n) is 8.53. The molecule has 0 atom stereocenters. The van der Waals surface area contributed by atoms with Crippen molar-refractivity contribution in [2.75, 3.05) is 0 Å². The summed E-state index contributed by atoms with van der Waals surface area (Å²) in [6.07, 6.45) is 3.13. The van der Waals surface area contributed by atoms with Gasteiger partial charge in [0.25, 0.3) is 0 Å². The minimum Gasteiger partial charge on any atom is -0.789 e. The van der Waals surface area contributed by atoms with Gasteiger partial charge in [0.1, 0.15) is 0 Å². The summed E-state index contributed by atoms with van der Waals surface area (Å²) in [5.74, 6) is 0. The van der Waals surface area contributed by atoms with Crippen molar-refractivity contribution >= 4 is 13.9 Å². The van der Waals surface area contributed by atoms with Gasteiger partial charge >= 0.3 is 18.9 Å². The summed E-state index contributed by atoms with van der Waals surface area (Å²) in [7, 11) is -3.05. The van der Waals surface area contributed by atoms with E-state index >= 15 is 0 Å². The largest absolute Gasteiger partial charge is 1.00 e. The molecule has 0 aromatic carbocycles. The van der Waals surface area contributed by atoms with Crippen molar-refractivity contribution in [3.8, 4) is 0 Å². The van der Waals surface area contributed by atoms with Crippen LogP contribution in [0.2, 0.25) is 0 Å². The minimum atomic E-state index is -3.05. The fraction of sp³-hybridized carbons (Fsp3) is 0.857. The topological polar surface area (TPSA) is 41.5 Å². The smallest absolute Gasteiger partial charge is 0.789 e. The first-order chi connectivity index (χ1) is 4.83. The monoisotopic (exact) mass is 186 g/mol. The Hall–Kier alpha value is 0.777. The Morgan fingerprint density at radius 2 is 1.33 bits per heavy atom. The minimum absolute atomic E-state index is 0. The first kappa shape index (κ1) is 15.3. The molecule has 0 amide bonds. The summed E-state index contributed by atoms with van der Waals surface area (Å²) in [4.78, 5) is 11.3. The van der Waals surface area contributed by atoms with Crippen molar-refractivity contribution < 1.29 is 32.8 Å². The standard InChI is InChI=1S/C7H16O3P.Li/c1-6(2)9-11(5,8)10-7(3)4;/h6-7H,5H2,1-4H3;/q-1;+1. The number of rotatable bonds is 4. The third-order valence-corrected chi connectivity index (χ3v) is 2.23. The van der Waals surface area contributed by atoms with E-state index in [1.807, 2.05) is 0 Å². The first-order valence-corrected chi connectivity index (χ1v) is 5.37. The van der Waals surface area contributed by atoms with Gasteiger partial charge in [-0.05, 0) is 27.7 Å². The van der Waals surface area contributed by atoms with Crippen molar-refractivity contribution in [2.24, 2.45) is 0 Å². The van der Waals surface area contributed by atoms with Gasteiger partial charge in [0.15, 0.2) is 0 Å². The van der Waals surface area contributed by atoms with Gasteiger partial charge in [-0.3, -0.25) is 0 Å². The first-order valence-electron chi connectivity index (χ1n) is 3.64. The summed E-state index contributed by atoms with van der Waals surface area (Å²) in [5, 5.41) is 0. The van der Waals surface area contributed by atoms with E-state index in [0.29, 0.717) is 0 Å². The molecule has 0 spiro atoms. The molecule has 68 valence electrons. The van der Waals surface area contributed by atoms with Gasteiger partial charge in [-0.25, -0.2) is 0 Å². The SMILES string of the molecule is C=P([O-])(OC(C)C)OC(C)C.[Li+]. The average molecular weight is 186 g/mol. The van der Waals surface area contributed by atoms with Crippen molar-refractivity contribution in [2.45, 2.75) is 39.9 Å². The van der Waals surface area contributed by atoms with Crippen molar-refractivity contribution in [3.63, 3.8) is 0 Å². The Morgan fingerprint density at radius 3 is 1.50 bits per heavy atom. The molecule has 5 heteroatoms. The van der Waals surface area contributed by atoms with Crippen LogP contribution >= 0.6 is 7.57 Å². The van der Waals surface area contributed by atoms with Gasteiger partial charge in [0, 0.05) is 7.57 Å².